The number of nitrogens with two attached hydrogens (primary N) is 3. The Balaban J connectivity index is 1.63. The van der Waals surface area contributed by atoms with Gasteiger partial charge in [-0.2, -0.15) is 0 Å². The van der Waals surface area contributed by atoms with Gasteiger partial charge in [0.25, 0.3) is 0 Å². The van der Waals surface area contributed by atoms with Crippen molar-refractivity contribution in [1.29, 1.82) is 0 Å². The number of benzene rings is 1. The summed E-state index contributed by atoms with van der Waals surface area (Å²) >= 11 is 0. The zero-order valence-electron chi connectivity index (χ0n) is 20.7. The summed E-state index contributed by atoms with van der Waals surface area (Å²) in [6, 6.07) is 4.99. The van der Waals surface area contributed by atoms with Crippen LogP contribution in [0.1, 0.15) is 44.1 Å². The molecular formula is C25H35N7O4S. The molecule has 0 saturated carbocycles. The maximum atomic E-state index is 13.5. The topological polar surface area (TPSA) is 195 Å². The Morgan fingerprint density at radius 3 is 2.43 bits per heavy atom. The van der Waals surface area contributed by atoms with Crippen molar-refractivity contribution in [2.24, 2.45) is 33.1 Å². The van der Waals surface area contributed by atoms with Crippen LogP contribution in [0, 0.1) is 5.92 Å². The molecular weight excluding hydrogens is 494 g/mol. The maximum Gasteiger partial charge on any atom is 0.224 e. The lowest BCUT2D eigenvalue weighted by molar-refractivity contribution is -0.120. The Labute approximate surface area is 217 Å². The molecule has 2 aliphatic rings. The number of rotatable bonds is 12. The van der Waals surface area contributed by atoms with Crippen molar-refractivity contribution in [3.63, 3.8) is 0 Å². The van der Waals surface area contributed by atoms with Gasteiger partial charge in [-0.15, -0.1) is 0 Å². The number of carbonyl (C=O) groups excluding carboxylic acids is 2. The monoisotopic (exact) mass is 529 g/mol. The van der Waals surface area contributed by atoms with E-state index in [-0.39, 0.29) is 35.0 Å². The van der Waals surface area contributed by atoms with Gasteiger partial charge in [-0.1, -0.05) is 12.1 Å². The molecule has 0 saturated heterocycles. The van der Waals surface area contributed by atoms with E-state index in [1.165, 1.54) is 12.4 Å². The minimum Gasteiger partial charge on any atom is -0.390 e. The smallest absolute Gasteiger partial charge is 0.224 e. The van der Waals surface area contributed by atoms with E-state index in [0.717, 1.165) is 6.42 Å². The second-order valence-electron chi connectivity index (χ2n) is 9.05. The molecule has 8 N–H and O–H groups in total. The van der Waals surface area contributed by atoms with Gasteiger partial charge in [0, 0.05) is 43.2 Å². The average Bonchev–Trinajstić information content (AvgIpc) is 2.84. The highest BCUT2D eigenvalue weighted by Gasteiger charge is 2.40. The van der Waals surface area contributed by atoms with Crippen LogP contribution in [-0.2, 0) is 25.8 Å². The lowest BCUT2D eigenvalue weighted by Gasteiger charge is -2.32. The highest BCUT2D eigenvalue weighted by atomic mass is 32.2. The van der Waals surface area contributed by atoms with E-state index in [1.54, 1.807) is 24.3 Å². The number of aliphatic imine (C=N–C) groups is 2. The molecule has 200 valence electrons. The van der Waals surface area contributed by atoms with Gasteiger partial charge in [0.15, 0.2) is 15.8 Å². The molecule has 37 heavy (non-hydrogen) atoms. The molecule has 2 amide bonds. The molecule has 0 radical (unpaired) electrons. The lowest BCUT2D eigenvalue weighted by Crippen LogP contribution is -2.37. The quantitative estimate of drug-likeness (QED) is 0.152. The molecule has 0 bridgehead atoms. The predicted molar refractivity (Wildman–Crippen MR) is 145 cm³/mol. The molecule has 0 spiro atoms. The third-order valence-corrected chi connectivity index (χ3v) is 8.39. The Kier molecular flexibility index (Phi) is 9.84. The molecule has 1 aromatic carbocycles. The second-order valence-corrected chi connectivity index (χ2v) is 11.1. The fourth-order valence-electron chi connectivity index (χ4n) is 4.36. The zero-order valence-corrected chi connectivity index (χ0v) is 21.5. The van der Waals surface area contributed by atoms with Gasteiger partial charge in [0.2, 0.25) is 11.8 Å². The molecule has 2 unspecified atom stereocenters. The molecule has 1 aliphatic carbocycles. The standard InChI is InChI=1S/C25H35N7O4S/c26-16-29-11-3-1-5-23(33)31-19-9-7-17-13-18-8-10-20(15-22(18)37(35,36)21(17)14-19)32-24(34)6-2-4-12-30-25(27)28/h7-10,14-17,21H,1-6,11-13H2,(H2,26,29)(H,31,33)(H,32,34)(H4,27,28,30). The van der Waals surface area contributed by atoms with Gasteiger partial charge in [0.1, 0.15) is 0 Å². The SMILES string of the molecule is NC=NCCCCC(=O)NC1=CC2C(C=C1)Cc1ccc(NC(=O)CCCCN=C(N)N)cc1S2(=O)=O. The van der Waals surface area contributed by atoms with E-state index < -0.39 is 15.1 Å². The van der Waals surface area contributed by atoms with Crippen molar-refractivity contribution in [1.82, 2.24) is 5.32 Å². The molecule has 11 nitrogen and oxygen atoms in total. The van der Waals surface area contributed by atoms with Crippen molar-refractivity contribution in [3.8, 4) is 0 Å². The van der Waals surface area contributed by atoms with E-state index in [2.05, 4.69) is 20.6 Å². The number of carbonyl (C=O) groups is 2. The molecule has 1 aromatic rings. The first-order valence-corrected chi connectivity index (χ1v) is 13.9. The molecule has 1 heterocycles. The van der Waals surface area contributed by atoms with Gasteiger partial charge >= 0.3 is 0 Å². The fourth-order valence-corrected chi connectivity index (χ4v) is 6.44. The number of amides is 2. The van der Waals surface area contributed by atoms with Crippen LogP contribution >= 0.6 is 0 Å². The van der Waals surface area contributed by atoms with Crippen molar-refractivity contribution >= 4 is 39.6 Å². The average molecular weight is 530 g/mol. The first kappa shape index (κ1) is 27.9. The Hall–Kier alpha value is -3.67. The minimum atomic E-state index is -3.73. The summed E-state index contributed by atoms with van der Waals surface area (Å²) in [7, 11) is -3.73. The molecule has 12 heteroatoms. The third-order valence-electron chi connectivity index (χ3n) is 6.20. The third kappa shape index (κ3) is 7.91. The summed E-state index contributed by atoms with van der Waals surface area (Å²) in [5.41, 5.74) is 17.4. The summed E-state index contributed by atoms with van der Waals surface area (Å²) in [4.78, 5) is 32.6. The number of hydrogen-bond acceptors (Lipinski definition) is 6. The summed E-state index contributed by atoms with van der Waals surface area (Å²) < 4.78 is 27.0. The number of allylic oxidation sites excluding steroid dienone is 2. The maximum absolute atomic E-state index is 13.5. The van der Waals surface area contributed by atoms with Crippen LogP contribution in [0.5, 0.6) is 0 Å². The zero-order chi connectivity index (χ0) is 26.8. The highest BCUT2D eigenvalue weighted by Crippen LogP contribution is 2.38. The largest absolute Gasteiger partial charge is 0.390 e. The van der Waals surface area contributed by atoms with Gasteiger partial charge in [0.05, 0.1) is 16.5 Å². The molecule has 2 atom stereocenters. The first-order chi connectivity index (χ1) is 17.7. The Morgan fingerprint density at radius 2 is 1.73 bits per heavy atom. The Bertz CT molecular complexity index is 1220. The number of nitrogens with one attached hydrogen (secondary N) is 2. The van der Waals surface area contributed by atoms with Crippen molar-refractivity contribution in [3.05, 3.63) is 47.7 Å². The van der Waals surface area contributed by atoms with Crippen molar-refractivity contribution < 1.29 is 18.0 Å². The predicted octanol–water partition coefficient (Wildman–Crippen LogP) is 1.11. The lowest BCUT2D eigenvalue weighted by atomic mass is 9.91. The molecule has 0 fully saturated rings. The van der Waals surface area contributed by atoms with Crippen molar-refractivity contribution in [2.75, 3.05) is 18.4 Å². The highest BCUT2D eigenvalue weighted by molar-refractivity contribution is 7.92. The first-order valence-electron chi connectivity index (χ1n) is 12.3. The molecule has 3 rings (SSSR count). The molecule has 1 aliphatic heterocycles. The summed E-state index contributed by atoms with van der Waals surface area (Å²) in [6.45, 7) is 1.01. The summed E-state index contributed by atoms with van der Waals surface area (Å²) in [5, 5.41) is 4.79. The summed E-state index contributed by atoms with van der Waals surface area (Å²) in [5.74, 6) is -0.596. The second kappa shape index (κ2) is 13.0. The number of anilines is 1. The fraction of sp³-hybridized carbons (Fsp3) is 0.440. The number of fused-ring (bicyclic) bond motifs is 2. The Morgan fingerprint density at radius 1 is 1.03 bits per heavy atom. The number of unbranched alkanes of at least 4 members (excludes halogenated alkanes) is 2. The number of hydrogen-bond donors (Lipinski definition) is 5. The van der Waals surface area contributed by atoms with Crippen LogP contribution in [0.3, 0.4) is 0 Å². The van der Waals surface area contributed by atoms with E-state index in [4.69, 9.17) is 17.2 Å². The van der Waals surface area contributed by atoms with Crippen LogP contribution in [0.4, 0.5) is 5.69 Å². The van der Waals surface area contributed by atoms with Crippen LogP contribution < -0.4 is 27.8 Å². The normalized spacial score (nSPS) is 19.4. The number of sulfone groups is 1. The van der Waals surface area contributed by atoms with Crippen LogP contribution in [0.15, 0.2) is 57.0 Å². The van der Waals surface area contributed by atoms with Gasteiger partial charge in [-0.25, -0.2) is 8.42 Å². The van der Waals surface area contributed by atoms with E-state index in [0.29, 0.717) is 62.1 Å². The number of guanidine groups is 1. The van der Waals surface area contributed by atoms with Crippen LogP contribution in [0.25, 0.3) is 0 Å². The van der Waals surface area contributed by atoms with Gasteiger partial charge < -0.3 is 27.8 Å². The van der Waals surface area contributed by atoms with E-state index >= 15 is 0 Å². The van der Waals surface area contributed by atoms with Crippen LogP contribution in [-0.4, -0.2) is 50.9 Å². The minimum absolute atomic E-state index is 0.0180. The summed E-state index contributed by atoms with van der Waals surface area (Å²) in [6.07, 6.45) is 10.2. The van der Waals surface area contributed by atoms with Crippen molar-refractivity contribution in [2.45, 2.75) is 55.1 Å². The van der Waals surface area contributed by atoms with E-state index in [1.807, 2.05) is 6.08 Å². The van der Waals surface area contributed by atoms with Crippen LogP contribution in [0.2, 0.25) is 0 Å². The van der Waals surface area contributed by atoms with Gasteiger partial charge in [-0.05, 0) is 62.0 Å². The van der Waals surface area contributed by atoms with E-state index in [9.17, 15) is 18.0 Å². The molecule has 0 aromatic heterocycles. The number of nitrogens with zero attached hydrogens (tertiary/aromatic N) is 2. The van der Waals surface area contributed by atoms with Gasteiger partial charge in [-0.3, -0.25) is 19.6 Å².